The van der Waals surface area contributed by atoms with E-state index in [2.05, 4.69) is 24.3 Å². The van der Waals surface area contributed by atoms with Gasteiger partial charge in [-0.25, -0.2) is 8.42 Å². The molecule has 1 fully saturated rings. The molecule has 138 valence electrons. The number of rotatable bonds is 5. The first-order valence-electron chi connectivity index (χ1n) is 9.62. The van der Waals surface area contributed by atoms with Crippen LogP contribution in [-0.2, 0) is 29.3 Å². The van der Waals surface area contributed by atoms with Crippen LogP contribution in [-0.4, -0.2) is 45.4 Å². The summed E-state index contributed by atoms with van der Waals surface area (Å²) in [7, 11) is -3.35. The number of benzene rings is 2. The molecule has 0 saturated carbocycles. The van der Waals surface area contributed by atoms with Crippen molar-refractivity contribution >= 4 is 10.0 Å². The first-order chi connectivity index (χ1) is 12.6. The average Bonchev–Trinajstić information content (AvgIpc) is 3.15. The highest BCUT2D eigenvalue weighted by Gasteiger charge is 2.30. The van der Waals surface area contributed by atoms with E-state index in [1.54, 1.807) is 10.4 Å². The van der Waals surface area contributed by atoms with Gasteiger partial charge in [-0.3, -0.25) is 0 Å². The third kappa shape index (κ3) is 3.70. The fourth-order valence-corrected chi connectivity index (χ4v) is 5.61. The number of hydrogen-bond acceptors (Lipinski definition) is 2. The Morgan fingerprint density at radius 2 is 1.65 bits per heavy atom. The summed E-state index contributed by atoms with van der Waals surface area (Å²) < 4.78 is 27.7. The minimum atomic E-state index is -3.35. The Balaban J connectivity index is 1.36. The molecule has 0 unspecified atom stereocenters. The molecule has 2 aliphatic rings. The van der Waals surface area contributed by atoms with Crippen molar-refractivity contribution < 1.29 is 13.3 Å². The van der Waals surface area contributed by atoms with Crippen LogP contribution in [0.3, 0.4) is 0 Å². The van der Waals surface area contributed by atoms with Gasteiger partial charge in [0.05, 0.1) is 37.6 Å². The quantitative estimate of drug-likeness (QED) is 0.861. The van der Waals surface area contributed by atoms with Crippen molar-refractivity contribution in [3.63, 3.8) is 0 Å². The van der Waals surface area contributed by atoms with E-state index in [1.165, 1.54) is 21.6 Å². The van der Waals surface area contributed by atoms with Crippen molar-refractivity contribution in [2.24, 2.45) is 0 Å². The minimum Gasteiger partial charge on any atom is -0.332 e. The van der Waals surface area contributed by atoms with Gasteiger partial charge in [-0.05, 0) is 48.1 Å². The lowest BCUT2D eigenvalue weighted by Crippen LogP contribution is -3.15. The first-order valence-corrected chi connectivity index (χ1v) is 11.1. The summed E-state index contributed by atoms with van der Waals surface area (Å²) in [6, 6.07) is 16.2. The summed E-state index contributed by atoms with van der Waals surface area (Å²) in [6.07, 6.45) is 4.28. The number of nitrogens with zero attached hydrogens (tertiary/aromatic N) is 1. The van der Waals surface area contributed by atoms with Crippen LogP contribution in [0.5, 0.6) is 0 Å². The maximum Gasteiger partial charge on any atom is 0.243 e. The molecular formula is C21H27N2O2S+. The molecule has 0 aromatic heterocycles. The Bertz CT molecular complexity index is 857. The van der Waals surface area contributed by atoms with E-state index >= 15 is 0 Å². The highest BCUT2D eigenvalue weighted by Crippen LogP contribution is 2.26. The van der Waals surface area contributed by atoms with E-state index in [4.69, 9.17) is 0 Å². The molecule has 2 aromatic carbocycles. The number of piperazine rings is 1. The first kappa shape index (κ1) is 17.7. The standard InChI is InChI=1S/C21H26N2O2S/c24-26(25,21-10-9-19-7-4-8-20(19)17-21)23-15-13-22(14-16-23)12-11-18-5-2-1-3-6-18/h1-3,5-6,9-10,17H,4,7-8,11-16H2/p+1. The molecule has 1 saturated heterocycles. The minimum absolute atomic E-state index is 0.478. The van der Waals surface area contributed by atoms with Gasteiger partial charge in [-0.1, -0.05) is 36.4 Å². The molecular weight excluding hydrogens is 344 g/mol. The predicted octanol–water partition coefficient (Wildman–Crippen LogP) is 1.31. The molecule has 5 heteroatoms. The van der Waals surface area contributed by atoms with Gasteiger partial charge in [0.2, 0.25) is 10.0 Å². The van der Waals surface area contributed by atoms with Crippen molar-refractivity contribution in [2.75, 3.05) is 32.7 Å². The number of sulfonamides is 1. The van der Waals surface area contributed by atoms with Crippen LogP contribution in [0, 0.1) is 0 Å². The monoisotopic (exact) mass is 371 g/mol. The van der Waals surface area contributed by atoms with Gasteiger partial charge < -0.3 is 4.90 Å². The van der Waals surface area contributed by atoms with Crippen molar-refractivity contribution in [1.82, 2.24) is 4.31 Å². The maximum atomic E-state index is 13.0. The molecule has 26 heavy (non-hydrogen) atoms. The van der Waals surface area contributed by atoms with Gasteiger partial charge in [0, 0.05) is 6.42 Å². The van der Waals surface area contributed by atoms with E-state index in [0.29, 0.717) is 18.0 Å². The van der Waals surface area contributed by atoms with Gasteiger partial charge >= 0.3 is 0 Å². The maximum absolute atomic E-state index is 13.0. The molecule has 0 bridgehead atoms. The van der Waals surface area contributed by atoms with Crippen LogP contribution >= 0.6 is 0 Å². The highest BCUT2D eigenvalue weighted by atomic mass is 32.2. The second kappa shape index (κ2) is 7.51. The summed E-state index contributed by atoms with van der Waals surface area (Å²) in [5, 5.41) is 0. The summed E-state index contributed by atoms with van der Waals surface area (Å²) in [5.41, 5.74) is 3.89. The van der Waals surface area contributed by atoms with Crippen LogP contribution in [0.2, 0.25) is 0 Å². The van der Waals surface area contributed by atoms with Crippen LogP contribution in [0.15, 0.2) is 53.4 Å². The van der Waals surface area contributed by atoms with Gasteiger partial charge in [0.25, 0.3) is 0 Å². The molecule has 4 nitrogen and oxygen atoms in total. The largest absolute Gasteiger partial charge is 0.332 e. The second-order valence-corrected chi connectivity index (χ2v) is 9.36. The van der Waals surface area contributed by atoms with E-state index in [0.717, 1.165) is 45.3 Å². The Morgan fingerprint density at radius 3 is 2.42 bits per heavy atom. The molecule has 0 spiro atoms. The fraction of sp³-hybridized carbons (Fsp3) is 0.429. The van der Waals surface area contributed by atoms with Crippen molar-refractivity contribution in [3.05, 3.63) is 65.2 Å². The second-order valence-electron chi connectivity index (χ2n) is 7.42. The smallest absolute Gasteiger partial charge is 0.243 e. The van der Waals surface area contributed by atoms with Crippen LogP contribution in [0.25, 0.3) is 0 Å². The number of hydrogen-bond donors (Lipinski definition) is 1. The fourth-order valence-electron chi connectivity index (χ4n) is 4.12. The molecule has 1 N–H and O–H groups in total. The van der Waals surface area contributed by atoms with Gasteiger partial charge in [0.1, 0.15) is 0 Å². The highest BCUT2D eigenvalue weighted by molar-refractivity contribution is 7.89. The van der Waals surface area contributed by atoms with E-state index in [9.17, 15) is 8.42 Å². The molecule has 1 heterocycles. The van der Waals surface area contributed by atoms with Crippen LogP contribution < -0.4 is 4.90 Å². The normalized spacial score (nSPS) is 18.8. The molecule has 1 aliphatic carbocycles. The van der Waals surface area contributed by atoms with Crippen molar-refractivity contribution in [2.45, 2.75) is 30.6 Å². The Morgan fingerprint density at radius 1 is 0.923 bits per heavy atom. The van der Waals surface area contributed by atoms with E-state index in [1.807, 2.05) is 18.2 Å². The molecule has 0 radical (unpaired) electrons. The average molecular weight is 372 g/mol. The molecule has 0 atom stereocenters. The Kier molecular flexibility index (Phi) is 5.11. The number of quaternary nitrogens is 1. The van der Waals surface area contributed by atoms with Gasteiger partial charge in [0.15, 0.2) is 0 Å². The zero-order valence-corrected chi connectivity index (χ0v) is 16.0. The molecule has 4 rings (SSSR count). The lowest BCUT2D eigenvalue weighted by atomic mass is 10.1. The van der Waals surface area contributed by atoms with Crippen molar-refractivity contribution in [3.8, 4) is 0 Å². The van der Waals surface area contributed by atoms with Gasteiger partial charge in [-0.2, -0.15) is 4.31 Å². The number of nitrogens with one attached hydrogen (secondary N) is 1. The Hall–Kier alpha value is -1.69. The number of fused-ring (bicyclic) bond motifs is 1. The zero-order chi connectivity index (χ0) is 18.0. The summed E-state index contributed by atoms with van der Waals surface area (Å²) in [5.74, 6) is 0. The third-order valence-electron chi connectivity index (χ3n) is 5.75. The molecule has 1 aliphatic heterocycles. The topological polar surface area (TPSA) is 41.8 Å². The predicted molar refractivity (Wildman–Crippen MR) is 103 cm³/mol. The SMILES string of the molecule is O=S(=O)(c1ccc2c(c1)CCC2)N1CC[NH+](CCc2ccccc2)CC1. The summed E-state index contributed by atoms with van der Waals surface area (Å²) >= 11 is 0. The third-order valence-corrected chi connectivity index (χ3v) is 7.64. The summed E-state index contributed by atoms with van der Waals surface area (Å²) in [6.45, 7) is 4.07. The van der Waals surface area contributed by atoms with Gasteiger partial charge in [-0.15, -0.1) is 0 Å². The van der Waals surface area contributed by atoms with E-state index < -0.39 is 10.0 Å². The molecule has 0 amide bonds. The Labute approximate surface area is 156 Å². The van der Waals surface area contributed by atoms with E-state index in [-0.39, 0.29) is 0 Å². The lowest BCUT2D eigenvalue weighted by molar-refractivity contribution is -0.903. The zero-order valence-electron chi connectivity index (χ0n) is 15.2. The molecule has 2 aromatic rings. The van der Waals surface area contributed by atoms with Crippen LogP contribution in [0.1, 0.15) is 23.1 Å². The number of aryl methyl sites for hydroxylation is 2. The lowest BCUT2D eigenvalue weighted by Gasteiger charge is -2.31. The van der Waals surface area contributed by atoms with Crippen molar-refractivity contribution in [1.29, 1.82) is 0 Å². The van der Waals surface area contributed by atoms with Crippen LogP contribution in [0.4, 0.5) is 0 Å². The summed E-state index contributed by atoms with van der Waals surface area (Å²) in [4.78, 5) is 1.97.